The van der Waals surface area contributed by atoms with Crippen molar-refractivity contribution in [2.24, 2.45) is 0 Å². The molecule has 0 unspecified atom stereocenters. The van der Waals surface area contributed by atoms with Gasteiger partial charge in [-0.05, 0) is 121 Å². The number of hydrogen-bond acceptors (Lipinski definition) is 2. The SMILES string of the molecule is CC1(C)c2ccccc2-c2cc(-c3ccc(N(c4ccc(-c5cccc6oc7ccccc7c56)cc4)c4ccc5c(c4)C(C)(C)c4ccccc4-5)cc3)ccc21. The quantitative estimate of drug-likeness (QED) is 0.176. The van der Waals surface area contributed by atoms with Crippen molar-refractivity contribution in [1.82, 2.24) is 0 Å². The summed E-state index contributed by atoms with van der Waals surface area (Å²) < 4.78 is 6.25. The molecule has 2 aliphatic carbocycles. The number of furan rings is 1. The van der Waals surface area contributed by atoms with Crippen molar-refractivity contribution in [2.75, 3.05) is 4.90 Å². The highest BCUT2D eigenvalue weighted by atomic mass is 16.3. The lowest BCUT2D eigenvalue weighted by Gasteiger charge is -2.28. The van der Waals surface area contributed by atoms with Gasteiger partial charge < -0.3 is 9.32 Å². The fraction of sp³-hybridized carbons (Fsp3) is 0.111. The first-order chi connectivity index (χ1) is 27.3. The molecule has 9 aromatic rings. The standard InChI is InChI=1S/C54H41NO/c1-53(2)47-17-9-6-13-42(47)45-32-36(24-31-48(45)53)34-20-25-37(26-21-34)55(39-29-30-43-41-12-5-8-16-46(41)54(3,4)49(43)33-39)38-27-22-35(23-28-38)40-15-11-19-51-52(40)44-14-7-10-18-50(44)56-51/h5-33H,1-4H3. The Morgan fingerprint density at radius 2 is 0.875 bits per heavy atom. The maximum atomic E-state index is 6.25. The second-order valence-corrected chi connectivity index (χ2v) is 16.5. The van der Waals surface area contributed by atoms with Gasteiger partial charge in [0.1, 0.15) is 11.2 Å². The largest absolute Gasteiger partial charge is 0.456 e. The van der Waals surface area contributed by atoms with E-state index in [9.17, 15) is 0 Å². The third-order valence-corrected chi connectivity index (χ3v) is 12.7. The summed E-state index contributed by atoms with van der Waals surface area (Å²) in [6.07, 6.45) is 0. The Hall–Kier alpha value is -6.64. The van der Waals surface area contributed by atoms with E-state index in [0.29, 0.717) is 0 Å². The maximum Gasteiger partial charge on any atom is 0.136 e. The summed E-state index contributed by atoms with van der Waals surface area (Å²) in [6, 6.07) is 64.6. The Kier molecular flexibility index (Phi) is 6.98. The molecule has 2 nitrogen and oxygen atoms in total. The van der Waals surface area contributed by atoms with Crippen LogP contribution in [0, 0.1) is 0 Å². The van der Waals surface area contributed by atoms with Crippen molar-refractivity contribution in [3.63, 3.8) is 0 Å². The molecule has 11 rings (SSSR count). The fourth-order valence-electron chi connectivity index (χ4n) is 9.79. The lowest BCUT2D eigenvalue weighted by Crippen LogP contribution is -2.16. The van der Waals surface area contributed by atoms with E-state index in [1.54, 1.807) is 0 Å². The van der Waals surface area contributed by atoms with E-state index in [-0.39, 0.29) is 10.8 Å². The first-order valence-corrected chi connectivity index (χ1v) is 19.7. The lowest BCUT2D eigenvalue weighted by molar-refractivity contribution is 0.660. The molecule has 0 saturated carbocycles. The van der Waals surface area contributed by atoms with Crippen LogP contribution in [0.4, 0.5) is 17.1 Å². The molecule has 268 valence electrons. The fourth-order valence-corrected chi connectivity index (χ4v) is 9.79. The van der Waals surface area contributed by atoms with Crippen LogP contribution in [-0.4, -0.2) is 0 Å². The van der Waals surface area contributed by atoms with Crippen LogP contribution in [0.25, 0.3) is 66.4 Å². The van der Waals surface area contributed by atoms with Gasteiger partial charge in [-0.1, -0.05) is 149 Å². The van der Waals surface area contributed by atoms with E-state index in [1.807, 2.05) is 12.1 Å². The topological polar surface area (TPSA) is 16.4 Å². The Labute approximate surface area is 328 Å². The number of benzene rings is 8. The van der Waals surface area contributed by atoms with Gasteiger partial charge in [-0.2, -0.15) is 0 Å². The van der Waals surface area contributed by atoms with Crippen molar-refractivity contribution in [3.05, 3.63) is 198 Å². The highest BCUT2D eigenvalue weighted by molar-refractivity contribution is 6.12. The van der Waals surface area contributed by atoms with Gasteiger partial charge in [-0.15, -0.1) is 0 Å². The number of anilines is 3. The number of rotatable bonds is 5. The summed E-state index contributed by atoms with van der Waals surface area (Å²) in [7, 11) is 0. The third-order valence-electron chi connectivity index (χ3n) is 12.7. The van der Waals surface area contributed by atoms with Crippen molar-refractivity contribution >= 4 is 39.0 Å². The Bertz CT molecular complexity index is 3010. The number of fused-ring (bicyclic) bond motifs is 9. The van der Waals surface area contributed by atoms with Gasteiger partial charge >= 0.3 is 0 Å². The van der Waals surface area contributed by atoms with Gasteiger partial charge in [0.05, 0.1) is 0 Å². The van der Waals surface area contributed by atoms with Gasteiger partial charge in [0, 0.05) is 38.7 Å². The smallest absolute Gasteiger partial charge is 0.136 e. The molecular weight excluding hydrogens is 679 g/mol. The lowest BCUT2D eigenvalue weighted by atomic mass is 9.82. The highest BCUT2D eigenvalue weighted by Gasteiger charge is 2.36. The molecule has 0 N–H and O–H groups in total. The normalized spacial score (nSPS) is 14.4. The summed E-state index contributed by atoms with van der Waals surface area (Å²) >= 11 is 0. The van der Waals surface area contributed by atoms with Crippen molar-refractivity contribution in [2.45, 2.75) is 38.5 Å². The van der Waals surface area contributed by atoms with Crippen LogP contribution in [0.3, 0.4) is 0 Å². The molecule has 2 aliphatic rings. The number of nitrogens with zero attached hydrogens (tertiary/aromatic N) is 1. The molecule has 1 heterocycles. The molecule has 2 heteroatoms. The predicted octanol–water partition coefficient (Wildman–Crippen LogP) is 15.0. The van der Waals surface area contributed by atoms with E-state index in [4.69, 9.17) is 4.42 Å². The molecule has 56 heavy (non-hydrogen) atoms. The van der Waals surface area contributed by atoms with Gasteiger partial charge in [0.15, 0.2) is 0 Å². The summed E-state index contributed by atoms with van der Waals surface area (Å²) in [5, 5.41) is 2.30. The van der Waals surface area contributed by atoms with Gasteiger partial charge in [0.25, 0.3) is 0 Å². The molecule has 0 amide bonds. The molecule has 0 radical (unpaired) electrons. The van der Waals surface area contributed by atoms with Crippen LogP contribution in [-0.2, 0) is 10.8 Å². The maximum absolute atomic E-state index is 6.25. The van der Waals surface area contributed by atoms with E-state index in [1.165, 1.54) is 61.2 Å². The second kappa shape index (κ2) is 11.9. The minimum Gasteiger partial charge on any atom is -0.456 e. The summed E-state index contributed by atoms with van der Waals surface area (Å²) in [5.74, 6) is 0. The Morgan fingerprint density at radius 1 is 0.357 bits per heavy atom. The van der Waals surface area contributed by atoms with Gasteiger partial charge in [0.2, 0.25) is 0 Å². The van der Waals surface area contributed by atoms with E-state index < -0.39 is 0 Å². The monoisotopic (exact) mass is 719 g/mol. The third kappa shape index (κ3) is 4.75. The molecular formula is C54H41NO. The van der Waals surface area contributed by atoms with Crippen LogP contribution < -0.4 is 4.90 Å². The zero-order chi connectivity index (χ0) is 37.8. The summed E-state index contributed by atoms with van der Waals surface area (Å²) in [6.45, 7) is 9.38. The van der Waals surface area contributed by atoms with E-state index in [0.717, 1.165) is 44.6 Å². The van der Waals surface area contributed by atoms with E-state index in [2.05, 4.69) is 196 Å². The molecule has 1 aromatic heterocycles. The van der Waals surface area contributed by atoms with Crippen molar-refractivity contribution in [1.29, 1.82) is 0 Å². The molecule has 0 bridgehead atoms. The molecule has 0 aliphatic heterocycles. The number of para-hydroxylation sites is 1. The summed E-state index contributed by atoms with van der Waals surface area (Å²) in [4.78, 5) is 2.40. The van der Waals surface area contributed by atoms with Crippen LogP contribution >= 0.6 is 0 Å². The minimum atomic E-state index is -0.103. The van der Waals surface area contributed by atoms with Crippen molar-refractivity contribution in [3.8, 4) is 44.5 Å². The predicted molar refractivity (Wildman–Crippen MR) is 234 cm³/mol. The molecule has 0 saturated heterocycles. The van der Waals surface area contributed by atoms with Gasteiger partial charge in [-0.3, -0.25) is 0 Å². The summed E-state index contributed by atoms with van der Waals surface area (Å²) in [5.41, 5.74) is 20.7. The molecule has 0 fully saturated rings. The Balaban J connectivity index is 1.02. The van der Waals surface area contributed by atoms with Crippen LogP contribution in [0.15, 0.2) is 180 Å². The average Bonchev–Trinajstić information content (AvgIpc) is 3.81. The first-order valence-electron chi connectivity index (χ1n) is 19.7. The minimum absolute atomic E-state index is 0.00498. The Morgan fingerprint density at radius 3 is 1.61 bits per heavy atom. The molecule has 0 atom stereocenters. The van der Waals surface area contributed by atoms with Crippen LogP contribution in [0.1, 0.15) is 49.9 Å². The van der Waals surface area contributed by atoms with Crippen LogP contribution in [0.5, 0.6) is 0 Å². The first kappa shape index (κ1) is 32.8. The molecule has 0 spiro atoms. The zero-order valence-electron chi connectivity index (χ0n) is 32.1. The molecule has 8 aromatic carbocycles. The number of hydrogen-bond donors (Lipinski definition) is 0. The van der Waals surface area contributed by atoms with E-state index >= 15 is 0 Å². The second-order valence-electron chi connectivity index (χ2n) is 16.5. The van der Waals surface area contributed by atoms with Crippen molar-refractivity contribution < 1.29 is 4.42 Å². The van der Waals surface area contributed by atoms with Gasteiger partial charge in [-0.25, -0.2) is 0 Å². The average molecular weight is 720 g/mol. The highest BCUT2D eigenvalue weighted by Crippen LogP contribution is 2.52. The zero-order valence-corrected chi connectivity index (χ0v) is 32.1. The van der Waals surface area contributed by atoms with Crippen LogP contribution in [0.2, 0.25) is 0 Å².